The summed E-state index contributed by atoms with van der Waals surface area (Å²) >= 11 is 1.90. The summed E-state index contributed by atoms with van der Waals surface area (Å²) in [7, 11) is 0. The number of aryl methyl sites for hydroxylation is 3. The molecule has 0 spiro atoms. The summed E-state index contributed by atoms with van der Waals surface area (Å²) in [5.41, 5.74) is 3.69. The summed E-state index contributed by atoms with van der Waals surface area (Å²) in [6.07, 6.45) is -4.02. The van der Waals surface area contributed by atoms with E-state index in [4.69, 9.17) is 11.8 Å². The van der Waals surface area contributed by atoms with E-state index in [-0.39, 0.29) is 36.8 Å². The summed E-state index contributed by atoms with van der Waals surface area (Å²) < 4.78 is 95.1. The van der Waals surface area contributed by atoms with Crippen molar-refractivity contribution in [2.75, 3.05) is 0 Å². The van der Waals surface area contributed by atoms with Crippen LogP contribution < -0.4 is 0 Å². The van der Waals surface area contributed by atoms with Gasteiger partial charge in [0.15, 0.2) is 0 Å². The summed E-state index contributed by atoms with van der Waals surface area (Å²) in [6, 6.07) is 26.1. The monoisotopic (exact) mass is 958 g/mol. The normalized spacial score (nSPS) is 14.1. The minimum absolute atomic E-state index is 0. The molecule has 0 aliphatic rings. The molecule has 0 bridgehead atoms. The molecule has 0 N–H and O–H groups in total. The van der Waals surface area contributed by atoms with E-state index >= 15 is 0 Å². The predicted molar refractivity (Wildman–Crippen MR) is 222 cm³/mol. The molecule has 295 valence electrons. The van der Waals surface area contributed by atoms with Gasteiger partial charge >= 0.3 is 6.18 Å². The number of alkyl halides is 3. The Kier molecular flexibility index (Phi) is 10.7. The number of nitrogens with zero attached hydrogens (tertiary/aromatic N) is 2. The van der Waals surface area contributed by atoms with Crippen LogP contribution in [0.2, 0.25) is 0 Å². The molecule has 8 heteroatoms. The Morgan fingerprint density at radius 2 is 1.55 bits per heavy atom. The molecular formula is C48H48F4IrN2S-2. The predicted octanol–water partition coefficient (Wildman–Crippen LogP) is 14.3. The molecule has 3 heterocycles. The number of hydrogen-bond acceptors (Lipinski definition) is 3. The summed E-state index contributed by atoms with van der Waals surface area (Å²) in [4.78, 5) is 8.88. The number of hydrogen-bond donors (Lipinski definition) is 0. The Labute approximate surface area is 353 Å². The molecule has 2 nitrogen and oxygen atoms in total. The van der Waals surface area contributed by atoms with Gasteiger partial charge in [-0.25, -0.2) is 0 Å². The Morgan fingerprint density at radius 3 is 2.20 bits per heavy atom. The largest absolute Gasteiger partial charge is 0.394 e. The number of benzene rings is 4. The van der Waals surface area contributed by atoms with Gasteiger partial charge in [-0.15, -0.1) is 70.3 Å². The van der Waals surface area contributed by atoms with E-state index in [2.05, 4.69) is 108 Å². The van der Waals surface area contributed by atoms with Crippen LogP contribution in [-0.4, -0.2) is 16.1 Å². The molecule has 3 aromatic heterocycles. The second-order valence-electron chi connectivity index (χ2n) is 16.1. The average molecular weight is 958 g/mol. The first-order valence-electron chi connectivity index (χ1n) is 20.8. The van der Waals surface area contributed by atoms with Gasteiger partial charge in [-0.2, -0.15) is 13.2 Å². The SMILES string of the molecule is Cc1c(CC(C)C)ccc2c1sc1c(-c3[c-]c4ccccc4c(C(C)(C)C)c3)ncc(C)c12.[2H]C([2H])([2H])c1cnc(-c2[c-]cc(F)cc2)cc1C([2H])([2H])C(C)(C)C(F)(F)F.[Ir]. The van der Waals surface area contributed by atoms with E-state index in [1.807, 2.05) is 17.5 Å². The van der Waals surface area contributed by atoms with Gasteiger partial charge in [-0.1, -0.05) is 95.8 Å². The Morgan fingerprint density at radius 1 is 0.839 bits per heavy atom. The van der Waals surface area contributed by atoms with Crippen LogP contribution in [0.5, 0.6) is 0 Å². The molecule has 56 heavy (non-hydrogen) atoms. The van der Waals surface area contributed by atoms with Gasteiger partial charge < -0.3 is 4.98 Å². The van der Waals surface area contributed by atoms with Gasteiger partial charge in [0.2, 0.25) is 0 Å². The van der Waals surface area contributed by atoms with Crippen LogP contribution in [0.25, 0.3) is 53.5 Å². The first-order valence-corrected chi connectivity index (χ1v) is 19.1. The van der Waals surface area contributed by atoms with Crippen molar-refractivity contribution >= 4 is 42.3 Å². The van der Waals surface area contributed by atoms with Crippen molar-refractivity contribution in [3.8, 4) is 22.5 Å². The fraction of sp³-hybridized carbons (Fsp3) is 0.333. The minimum Gasteiger partial charge on any atom is -0.304 e. The van der Waals surface area contributed by atoms with E-state index in [0.29, 0.717) is 19.8 Å². The van der Waals surface area contributed by atoms with Gasteiger partial charge in [0.05, 0.1) is 5.41 Å². The fourth-order valence-electron chi connectivity index (χ4n) is 6.69. The van der Waals surface area contributed by atoms with Crippen LogP contribution in [0.4, 0.5) is 17.6 Å². The van der Waals surface area contributed by atoms with Crippen molar-refractivity contribution in [2.24, 2.45) is 11.3 Å². The van der Waals surface area contributed by atoms with Crippen molar-refractivity contribution in [2.45, 2.75) is 93.6 Å². The molecule has 0 saturated carbocycles. The molecule has 1 radical (unpaired) electrons. The molecule has 0 saturated heterocycles. The second-order valence-corrected chi connectivity index (χ2v) is 17.1. The summed E-state index contributed by atoms with van der Waals surface area (Å²) in [6.45, 7) is 14.4. The molecule has 0 aliphatic heterocycles. The first-order chi connectivity index (χ1) is 27.7. The standard InChI is InChI=1S/C31H32NS.C17H16F4N.Ir/c1-18(2)14-21-12-13-25-27-19(3)17-32-28(30(27)33-29(25)20(21)4)23-15-22-10-8-9-11-24(22)26(16-23)31(5,6)7;1-11-10-22-15(12-4-6-14(18)7-5-12)8-13(11)9-16(2,3)17(19,20)21;/h8-13,16-18H,14H2,1-7H3;4,6-8,10H,9H2,1-3H3;/q2*-1;/i;1D3,9D2;. The molecule has 0 aliphatic carbocycles. The van der Waals surface area contributed by atoms with Crippen molar-refractivity contribution < 1.29 is 44.5 Å². The molecular weight excluding hydrogens is 905 g/mol. The third-order valence-corrected chi connectivity index (χ3v) is 11.1. The van der Waals surface area contributed by atoms with E-state index in [1.165, 1.54) is 53.9 Å². The number of fused-ring (bicyclic) bond motifs is 4. The van der Waals surface area contributed by atoms with Crippen LogP contribution >= 0.6 is 11.3 Å². The van der Waals surface area contributed by atoms with Gasteiger partial charge in [0.25, 0.3) is 0 Å². The summed E-state index contributed by atoms with van der Waals surface area (Å²) in [5.74, 6) is 0.0594. The number of aromatic nitrogens is 2. The number of rotatable bonds is 6. The number of halogens is 4. The Hall–Kier alpha value is -3.97. The molecule has 0 amide bonds. The number of pyridine rings is 2. The van der Waals surface area contributed by atoms with E-state index < -0.39 is 41.8 Å². The van der Waals surface area contributed by atoms with Gasteiger partial charge in [0, 0.05) is 65.7 Å². The maximum Gasteiger partial charge on any atom is 0.394 e. The molecule has 0 unspecified atom stereocenters. The van der Waals surface area contributed by atoms with Crippen LogP contribution in [0.3, 0.4) is 0 Å². The zero-order valence-corrected chi connectivity index (χ0v) is 36.1. The third kappa shape index (κ3) is 8.93. The van der Waals surface area contributed by atoms with Crippen LogP contribution in [0.15, 0.2) is 79.1 Å². The Bertz CT molecular complexity index is 2720. The molecule has 7 aromatic rings. The smallest absolute Gasteiger partial charge is 0.304 e. The average Bonchev–Trinajstić information content (AvgIpc) is 3.56. The minimum atomic E-state index is -4.94. The molecule has 0 atom stereocenters. The third-order valence-electron chi connectivity index (χ3n) is 9.79. The van der Waals surface area contributed by atoms with Crippen molar-refractivity contribution in [1.82, 2.24) is 9.97 Å². The van der Waals surface area contributed by atoms with Crippen molar-refractivity contribution in [3.63, 3.8) is 0 Å². The van der Waals surface area contributed by atoms with Gasteiger partial charge in [-0.05, 0) is 83.7 Å². The first kappa shape index (κ1) is 36.4. The zero-order chi connectivity index (χ0) is 44.3. The fourth-order valence-corrected chi connectivity index (χ4v) is 8.09. The Balaban J connectivity index is 0.000000232. The van der Waals surface area contributed by atoms with E-state index in [9.17, 15) is 17.6 Å². The second kappa shape index (κ2) is 16.5. The van der Waals surface area contributed by atoms with Crippen LogP contribution in [-0.2, 0) is 38.3 Å². The summed E-state index contributed by atoms with van der Waals surface area (Å²) in [5, 5.41) is 5.14. The molecule has 0 fully saturated rings. The van der Waals surface area contributed by atoms with Gasteiger partial charge in [-0.3, -0.25) is 9.37 Å². The van der Waals surface area contributed by atoms with Crippen molar-refractivity contribution in [3.05, 3.63) is 130 Å². The maximum absolute atomic E-state index is 13.5. The van der Waals surface area contributed by atoms with E-state index in [0.717, 1.165) is 47.5 Å². The quantitative estimate of drug-likeness (QED) is 0.123. The van der Waals surface area contributed by atoms with Gasteiger partial charge in [0.1, 0.15) is 0 Å². The van der Waals surface area contributed by atoms with E-state index in [1.54, 1.807) is 0 Å². The zero-order valence-electron chi connectivity index (χ0n) is 37.9. The molecule has 7 rings (SSSR count). The van der Waals surface area contributed by atoms with Crippen molar-refractivity contribution in [1.29, 1.82) is 0 Å². The molecule has 4 aromatic carbocycles. The maximum atomic E-state index is 13.5. The topological polar surface area (TPSA) is 25.8 Å². The van der Waals surface area contributed by atoms with Crippen LogP contribution in [0, 0.1) is 50.0 Å². The number of thiophene rings is 1. The van der Waals surface area contributed by atoms with Crippen LogP contribution in [0.1, 0.15) is 88.7 Å².